The van der Waals surface area contributed by atoms with Gasteiger partial charge in [0.25, 0.3) is 5.89 Å². The van der Waals surface area contributed by atoms with Gasteiger partial charge in [0, 0.05) is 5.56 Å². The van der Waals surface area contributed by atoms with Gasteiger partial charge in [-0.3, -0.25) is 0 Å². The van der Waals surface area contributed by atoms with Crippen LogP contribution in [0, 0.1) is 0 Å². The van der Waals surface area contributed by atoms with Crippen molar-refractivity contribution in [2.75, 3.05) is 13.7 Å². The number of furan rings is 1. The molecule has 0 radical (unpaired) electrons. The lowest BCUT2D eigenvalue weighted by molar-refractivity contribution is 0.311. The minimum Gasteiger partial charge on any atom is -0.493 e. The highest BCUT2D eigenvalue weighted by molar-refractivity contribution is 5.62. The minimum absolute atomic E-state index is 0.337. The third-order valence-corrected chi connectivity index (χ3v) is 2.88. The molecule has 0 unspecified atom stereocenters. The molecule has 6 heteroatoms. The summed E-state index contributed by atoms with van der Waals surface area (Å²) >= 11 is 0. The zero-order chi connectivity index (χ0) is 14.7. The largest absolute Gasteiger partial charge is 0.493 e. The molecule has 0 amide bonds. The molecule has 0 spiro atoms. The van der Waals surface area contributed by atoms with Crippen LogP contribution in [0.3, 0.4) is 0 Å². The maximum absolute atomic E-state index is 5.54. The van der Waals surface area contributed by atoms with Crippen molar-refractivity contribution in [2.45, 2.75) is 6.92 Å². The maximum atomic E-state index is 5.54. The van der Waals surface area contributed by atoms with Crippen molar-refractivity contribution >= 4 is 0 Å². The van der Waals surface area contributed by atoms with Crippen molar-refractivity contribution in [1.29, 1.82) is 0 Å². The molecule has 0 fully saturated rings. The number of hydrogen-bond acceptors (Lipinski definition) is 6. The number of hydrogen-bond donors (Lipinski definition) is 0. The normalized spacial score (nSPS) is 10.6. The summed E-state index contributed by atoms with van der Waals surface area (Å²) in [5.74, 6) is 2.64. The Morgan fingerprint density at radius 2 is 2.10 bits per heavy atom. The molecule has 0 N–H and O–H groups in total. The van der Waals surface area contributed by atoms with E-state index in [1.165, 1.54) is 0 Å². The van der Waals surface area contributed by atoms with Crippen LogP contribution in [-0.2, 0) is 0 Å². The number of ether oxygens (including phenoxy) is 2. The molecule has 0 aliphatic rings. The van der Waals surface area contributed by atoms with Crippen LogP contribution >= 0.6 is 0 Å². The lowest BCUT2D eigenvalue weighted by Gasteiger charge is -2.09. The van der Waals surface area contributed by atoms with E-state index in [1.807, 2.05) is 25.1 Å². The first-order valence-electron chi connectivity index (χ1n) is 6.50. The lowest BCUT2D eigenvalue weighted by Crippen LogP contribution is -1.95. The molecule has 0 saturated heterocycles. The second-order valence-corrected chi connectivity index (χ2v) is 4.20. The van der Waals surface area contributed by atoms with Gasteiger partial charge in [0.15, 0.2) is 17.3 Å². The van der Waals surface area contributed by atoms with Gasteiger partial charge in [-0.2, -0.15) is 4.98 Å². The lowest BCUT2D eigenvalue weighted by atomic mass is 10.2. The number of methoxy groups -OCH3 is 1. The first-order chi connectivity index (χ1) is 10.3. The highest BCUT2D eigenvalue weighted by Gasteiger charge is 2.14. The molecule has 0 aliphatic heterocycles. The minimum atomic E-state index is 0.337. The van der Waals surface area contributed by atoms with Crippen molar-refractivity contribution in [1.82, 2.24) is 10.1 Å². The topological polar surface area (TPSA) is 70.5 Å². The molecule has 6 nitrogen and oxygen atoms in total. The third-order valence-electron chi connectivity index (χ3n) is 2.88. The van der Waals surface area contributed by atoms with Gasteiger partial charge in [0.2, 0.25) is 5.82 Å². The number of aromatic nitrogens is 2. The van der Waals surface area contributed by atoms with Gasteiger partial charge in [-0.15, -0.1) is 0 Å². The Morgan fingerprint density at radius 1 is 1.19 bits per heavy atom. The highest BCUT2D eigenvalue weighted by Crippen LogP contribution is 2.32. The summed E-state index contributed by atoms with van der Waals surface area (Å²) in [6.07, 6.45) is 1.56. The average molecular weight is 286 g/mol. The predicted octanol–water partition coefficient (Wildman–Crippen LogP) is 3.40. The van der Waals surface area contributed by atoms with E-state index in [0.29, 0.717) is 35.6 Å². The number of benzene rings is 1. The monoisotopic (exact) mass is 286 g/mol. The summed E-state index contributed by atoms with van der Waals surface area (Å²) in [7, 11) is 1.60. The van der Waals surface area contributed by atoms with Gasteiger partial charge in [0.05, 0.1) is 20.0 Å². The maximum Gasteiger partial charge on any atom is 0.293 e. The van der Waals surface area contributed by atoms with E-state index in [0.717, 1.165) is 5.56 Å². The zero-order valence-electron chi connectivity index (χ0n) is 11.7. The Kier molecular flexibility index (Phi) is 3.59. The van der Waals surface area contributed by atoms with Gasteiger partial charge in [-0.1, -0.05) is 5.16 Å². The van der Waals surface area contributed by atoms with Crippen LogP contribution in [-0.4, -0.2) is 23.9 Å². The van der Waals surface area contributed by atoms with Gasteiger partial charge in [-0.05, 0) is 37.3 Å². The van der Waals surface area contributed by atoms with Crippen LogP contribution in [0.1, 0.15) is 6.92 Å². The van der Waals surface area contributed by atoms with E-state index in [4.69, 9.17) is 18.4 Å². The van der Waals surface area contributed by atoms with Gasteiger partial charge < -0.3 is 18.4 Å². The SMILES string of the molecule is CCOc1cc(-c2noc(-c3ccco3)n2)ccc1OC. The molecular weight excluding hydrogens is 272 g/mol. The molecule has 0 aliphatic carbocycles. The van der Waals surface area contributed by atoms with Crippen molar-refractivity contribution in [3.63, 3.8) is 0 Å². The van der Waals surface area contributed by atoms with Crippen molar-refractivity contribution in [3.8, 4) is 34.5 Å². The van der Waals surface area contributed by atoms with Gasteiger partial charge >= 0.3 is 0 Å². The zero-order valence-corrected chi connectivity index (χ0v) is 11.7. The Hall–Kier alpha value is -2.76. The molecule has 0 bridgehead atoms. The fraction of sp³-hybridized carbons (Fsp3) is 0.200. The summed E-state index contributed by atoms with van der Waals surface area (Å²) in [6.45, 7) is 2.46. The van der Waals surface area contributed by atoms with E-state index in [2.05, 4.69) is 10.1 Å². The number of rotatable bonds is 5. The van der Waals surface area contributed by atoms with Crippen LogP contribution in [0.15, 0.2) is 45.5 Å². The van der Waals surface area contributed by atoms with Crippen LogP contribution in [0.5, 0.6) is 11.5 Å². The smallest absolute Gasteiger partial charge is 0.293 e. The van der Waals surface area contributed by atoms with E-state index < -0.39 is 0 Å². The third kappa shape index (κ3) is 2.60. The van der Waals surface area contributed by atoms with Crippen LogP contribution in [0.4, 0.5) is 0 Å². The van der Waals surface area contributed by atoms with Gasteiger partial charge in [-0.25, -0.2) is 0 Å². The molecule has 2 aromatic heterocycles. The van der Waals surface area contributed by atoms with Crippen LogP contribution in [0.2, 0.25) is 0 Å². The molecular formula is C15H14N2O4. The molecule has 3 rings (SSSR count). The molecule has 1 aromatic carbocycles. The van der Waals surface area contributed by atoms with Crippen molar-refractivity contribution < 1.29 is 18.4 Å². The summed E-state index contributed by atoms with van der Waals surface area (Å²) in [5.41, 5.74) is 0.779. The highest BCUT2D eigenvalue weighted by atomic mass is 16.5. The quantitative estimate of drug-likeness (QED) is 0.715. The Bertz CT molecular complexity index is 719. The van der Waals surface area contributed by atoms with E-state index in [1.54, 1.807) is 25.5 Å². The second kappa shape index (κ2) is 5.70. The predicted molar refractivity (Wildman–Crippen MR) is 75.2 cm³/mol. The summed E-state index contributed by atoms with van der Waals surface area (Å²) in [5, 5.41) is 3.96. The average Bonchev–Trinajstić information content (AvgIpc) is 3.18. The Morgan fingerprint density at radius 3 is 2.81 bits per heavy atom. The molecule has 0 saturated carbocycles. The molecule has 108 valence electrons. The van der Waals surface area contributed by atoms with Crippen molar-refractivity contribution in [2.24, 2.45) is 0 Å². The summed E-state index contributed by atoms with van der Waals surface area (Å²) < 4.78 is 21.2. The second-order valence-electron chi connectivity index (χ2n) is 4.20. The van der Waals surface area contributed by atoms with E-state index >= 15 is 0 Å². The number of nitrogens with zero attached hydrogens (tertiary/aromatic N) is 2. The summed E-state index contributed by atoms with van der Waals surface area (Å²) in [4.78, 5) is 4.31. The fourth-order valence-electron chi connectivity index (χ4n) is 1.93. The van der Waals surface area contributed by atoms with E-state index in [9.17, 15) is 0 Å². The molecule has 21 heavy (non-hydrogen) atoms. The van der Waals surface area contributed by atoms with E-state index in [-0.39, 0.29) is 0 Å². The van der Waals surface area contributed by atoms with Crippen LogP contribution < -0.4 is 9.47 Å². The van der Waals surface area contributed by atoms with Crippen LogP contribution in [0.25, 0.3) is 23.0 Å². The first-order valence-corrected chi connectivity index (χ1v) is 6.50. The first kappa shape index (κ1) is 13.2. The molecule has 0 atom stereocenters. The fourth-order valence-corrected chi connectivity index (χ4v) is 1.93. The molecule has 2 heterocycles. The Labute approximate surface area is 121 Å². The molecule has 3 aromatic rings. The standard InChI is InChI=1S/C15H14N2O4/c1-3-19-13-9-10(6-7-11(13)18-2)14-16-15(21-17-14)12-5-4-8-20-12/h4-9H,3H2,1-2H3. The Balaban J connectivity index is 1.95. The summed E-state index contributed by atoms with van der Waals surface area (Å²) in [6, 6.07) is 9.00. The van der Waals surface area contributed by atoms with Crippen molar-refractivity contribution in [3.05, 3.63) is 36.6 Å². The van der Waals surface area contributed by atoms with Gasteiger partial charge in [0.1, 0.15) is 0 Å².